The summed E-state index contributed by atoms with van der Waals surface area (Å²) in [4.78, 5) is 8.06. The third-order valence-electron chi connectivity index (χ3n) is 2.73. The molecule has 2 heterocycles. The first-order valence-electron chi connectivity index (χ1n) is 6.38. The van der Waals surface area contributed by atoms with E-state index in [0.717, 1.165) is 17.1 Å². The zero-order valence-electron chi connectivity index (χ0n) is 11.0. The molecule has 0 bridgehead atoms. The Morgan fingerprint density at radius 2 is 2.20 bits per heavy atom. The Morgan fingerprint density at radius 3 is 2.90 bits per heavy atom. The second-order valence-corrected chi connectivity index (χ2v) is 7.46. The molecule has 0 radical (unpaired) electrons. The Hall–Kier alpha value is -1.22. The molecule has 2 aromatic heterocycles. The van der Waals surface area contributed by atoms with E-state index in [1.165, 1.54) is 11.3 Å². The summed E-state index contributed by atoms with van der Waals surface area (Å²) < 4.78 is 27.1. The molecule has 0 aliphatic heterocycles. The second-order valence-electron chi connectivity index (χ2n) is 4.30. The van der Waals surface area contributed by atoms with Crippen LogP contribution in [0.2, 0.25) is 0 Å². The summed E-state index contributed by atoms with van der Waals surface area (Å²) in [5, 5.41) is 0. The first kappa shape index (κ1) is 15.2. The summed E-state index contributed by atoms with van der Waals surface area (Å²) in [5.74, 6) is 0.866. The molecule has 0 amide bonds. The molecule has 0 fully saturated rings. The molecule has 110 valence electrons. The van der Waals surface area contributed by atoms with E-state index < -0.39 is 10.0 Å². The molecule has 0 spiro atoms. The normalized spacial score (nSPS) is 11.8. The highest BCUT2D eigenvalue weighted by Crippen LogP contribution is 2.21. The zero-order chi connectivity index (χ0) is 14.4. The van der Waals surface area contributed by atoms with Crippen LogP contribution in [0.1, 0.15) is 17.1 Å². The highest BCUT2D eigenvalue weighted by atomic mass is 32.2. The monoisotopic (exact) mass is 314 g/mol. The highest BCUT2D eigenvalue weighted by Gasteiger charge is 2.15. The van der Waals surface area contributed by atoms with Crippen LogP contribution in [0, 0.1) is 0 Å². The number of nitrogens with zero attached hydrogens (tertiary/aromatic N) is 1. The Morgan fingerprint density at radius 1 is 1.35 bits per heavy atom. The lowest BCUT2D eigenvalue weighted by Gasteiger charge is -2.03. The van der Waals surface area contributed by atoms with Gasteiger partial charge in [-0.15, -0.1) is 11.3 Å². The van der Waals surface area contributed by atoms with Crippen molar-refractivity contribution in [3.05, 3.63) is 35.2 Å². The predicted molar refractivity (Wildman–Crippen MR) is 79.2 cm³/mol. The number of imidazole rings is 1. The van der Waals surface area contributed by atoms with Gasteiger partial charge in [-0.05, 0) is 31.5 Å². The van der Waals surface area contributed by atoms with Crippen LogP contribution in [-0.4, -0.2) is 31.5 Å². The van der Waals surface area contributed by atoms with Crippen LogP contribution in [0.4, 0.5) is 0 Å². The maximum atomic E-state index is 12.1. The number of nitrogens with one attached hydrogen (secondary N) is 2. The van der Waals surface area contributed by atoms with Crippen molar-refractivity contribution >= 4 is 21.4 Å². The minimum atomic E-state index is -3.40. The molecule has 8 heteroatoms. The number of aryl methyl sites for hydroxylation is 1. The van der Waals surface area contributed by atoms with Gasteiger partial charge in [0, 0.05) is 30.2 Å². The topological polar surface area (TPSA) is 101 Å². The number of hydrogen-bond acceptors (Lipinski definition) is 5. The fraction of sp³-hybridized carbons (Fsp3) is 0.417. The quantitative estimate of drug-likeness (QED) is 0.630. The molecule has 0 saturated heterocycles. The van der Waals surface area contributed by atoms with Gasteiger partial charge in [0.15, 0.2) is 0 Å². The van der Waals surface area contributed by atoms with Gasteiger partial charge in [0.05, 0.1) is 0 Å². The Kier molecular flexibility index (Phi) is 5.30. The lowest BCUT2D eigenvalue weighted by atomic mass is 10.3. The fourth-order valence-corrected chi connectivity index (χ4v) is 4.24. The first-order chi connectivity index (χ1) is 9.62. The van der Waals surface area contributed by atoms with Crippen LogP contribution in [0.15, 0.2) is 28.7 Å². The molecule has 2 aromatic rings. The van der Waals surface area contributed by atoms with Gasteiger partial charge in [-0.1, -0.05) is 0 Å². The van der Waals surface area contributed by atoms with Gasteiger partial charge in [-0.2, -0.15) is 0 Å². The summed E-state index contributed by atoms with van der Waals surface area (Å²) in [6, 6.07) is 3.44. The Balaban J connectivity index is 1.83. The highest BCUT2D eigenvalue weighted by molar-refractivity contribution is 7.91. The van der Waals surface area contributed by atoms with Crippen LogP contribution >= 0.6 is 11.3 Å². The van der Waals surface area contributed by atoms with Crippen LogP contribution in [0.3, 0.4) is 0 Å². The van der Waals surface area contributed by atoms with E-state index in [0.29, 0.717) is 30.1 Å². The smallest absolute Gasteiger partial charge is 0.250 e. The molecule has 4 N–H and O–H groups in total. The summed E-state index contributed by atoms with van der Waals surface area (Å²) in [6.45, 7) is 0.920. The standard InChI is InChI=1S/C12H18N4O2S2/c13-6-5-10-3-4-12(19-10)20(17,18)16-7-1-2-11-14-8-9-15-11/h3-4,8-9,16H,1-2,5-7,13H2,(H,14,15). The van der Waals surface area contributed by atoms with E-state index in [2.05, 4.69) is 14.7 Å². The molecule has 2 rings (SSSR count). The van der Waals surface area contributed by atoms with Gasteiger partial charge in [0.1, 0.15) is 10.0 Å². The molecule has 0 aromatic carbocycles. The van der Waals surface area contributed by atoms with Crippen molar-refractivity contribution in [2.75, 3.05) is 13.1 Å². The number of sulfonamides is 1. The molecular formula is C12H18N4O2S2. The Bertz CT molecular complexity index is 620. The Labute approximate surface area is 122 Å². The van der Waals surface area contributed by atoms with Crippen molar-refractivity contribution in [1.82, 2.24) is 14.7 Å². The zero-order valence-corrected chi connectivity index (χ0v) is 12.6. The van der Waals surface area contributed by atoms with Crippen LogP contribution in [0.5, 0.6) is 0 Å². The van der Waals surface area contributed by atoms with E-state index in [-0.39, 0.29) is 0 Å². The number of H-pyrrole nitrogens is 1. The van der Waals surface area contributed by atoms with E-state index in [4.69, 9.17) is 5.73 Å². The maximum Gasteiger partial charge on any atom is 0.250 e. The summed E-state index contributed by atoms with van der Waals surface area (Å²) in [7, 11) is -3.40. The lowest BCUT2D eigenvalue weighted by molar-refractivity contribution is 0.580. The van der Waals surface area contributed by atoms with E-state index in [1.54, 1.807) is 18.5 Å². The van der Waals surface area contributed by atoms with Crippen molar-refractivity contribution in [3.8, 4) is 0 Å². The van der Waals surface area contributed by atoms with Gasteiger partial charge >= 0.3 is 0 Å². The molecule has 6 nitrogen and oxygen atoms in total. The SMILES string of the molecule is NCCc1ccc(S(=O)(=O)NCCCc2ncc[nH]2)s1. The van der Waals surface area contributed by atoms with Crippen molar-refractivity contribution < 1.29 is 8.42 Å². The van der Waals surface area contributed by atoms with Crippen molar-refractivity contribution in [2.24, 2.45) is 5.73 Å². The maximum absolute atomic E-state index is 12.1. The molecular weight excluding hydrogens is 296 g/mol. The molecule has 20 heavy (non-hydrogen) atoms. The van der Waals surface area contributed by atoms with Crippen LogP contribution in [0.25, 0.3) is 0 Å². The average molecular weight is 314 g/mol. The number of rotatable bonds is 8. The first-order valence-corrected chi connectivity index (χ1v) is 8.68. The number of hydrogen-bond donors (Lipinski definition) is 3. The molecule has 0 saturated carbocycles. The van der Waals surface area contributed by atoms with E-state index in [9.17, 15) is 8.42 Å². The number of nitrogens with two attached hydrogens (primary N) is 1. The molecule has 0 atom stereocenters. The average Bonchev–Trinajstić information content (AvgIpc) is 3.06. The minimum Gasteiger partial charge on any atom is -0.349 e. The second kappa shape index (κ2) is 6.98. The summed E-state index contributed by atoms with van der Waals surface area (Å²) in [6.07, 6.45) is 5.57. The fourth-order valence-electron chi connectivity index (χ4n) is 1.75. The van der Waals surface area contributed by atoms with Gasteiger partial charge in [-0.25, -0.2) is 18.1 Å². The number of aromatic nitrogens is 2. The van der Waals surface area contributed by atoms with Gasteiger partial charge < -0.3 is 10.7 Å². The summed E-state index contributed by atoms with van der Waals surface area (Å²) >= 11 is 1.27. The minimum absolute atomic E-state index is 0.346. The molecule has 0 aliphatic rings. The van der Waals surface area contributed by atoms with E-state index in [1.807, 2.05) is 6.07 Å². The van der Waals surface area contributed by atoms with Gasteiger partial charge in [0.25, 0.3) is 0 Å². The van der Waals surface area contributed by atoms with Crippen molar-refractivity contribution in [1.29, 1.82) is 0 Å². The van der Waals surface area contributed by atoms with Crippen molar-refractivity contribution in [3.63, 3.8) is 0 Å². The van der Waals surface area contributed by atoms with Crippen LogP contribution in [-0.2, 0) is 22.9 Å². The van der Waals surface area contributed by atoms with E-state index >= 15 is 0 Å². The van der Waals surface area contributed by atoms with Gasteiger partial charge in [0.2, 0.25) is 10.0 Å². The largest absolute Gasteiger partial charge is 0.349 e. The summed E-state index contributed by atoms with van der Waals surface area (Å²) in [5.41, 5.74) is 5.46. The molecule has 0 aliphatic carbocycles. The third-order valence-corrected chi connectivity index (χ3v) is 5.83. The third kappa shape index (κ3) is 4.14. The molecule has 0 unspecified atom stereocenters. The lowest BCUT2D eigenvalue weighted by Crippen LogP contribution is -2.24. The van der Waals surface area contributed by atoms with Crippen molar-refractivity contribution in [2.45, 2.75) is 23.5 Å². The van der Waals surface area contributed by atoms with Gasteiger partial charge in [-0.3, -0.25) is 0 Å². The van der Waals surface area contributed by atoms with Crippen LogP contribution < -0.4 is 10.5 Å². The number of thiophene rings is 1. The predicted octanol–water partition coefficient (Wildman–Crippen LogP) is 0.883. The number of aromatic amines is 1.